The molecule has 0 spiro atoms. The fraction of sp³-hybridized carbons (Fsp3) is 0.444. The number of anilines is 1. The highest BCUT2D eigenvalue weighted by Crippen LogP contribution is 2.53. The van der Waals surface area contributed by atoms with Crippen molar-refractivity contribution in [2.24, 2.45) is 0 Å². The number of carbonyl (C=O) groups excluding carboxylic acids is 1. The quantitative estimate of drug-likeness (QED) is 0.857. The van der Waals surface area contributed by atoms with E-state index in [2.05, 4.69) is 9.97 Å². The van der Waals surface area contributed by atoms with Crippen molar-refractivity contribution >= 4 is 11.7 Å². The summed E-state index contributed by atoms with van der Waals surface area (Å²) in [6.45, 7) is 0. The third-order valence-corrected chi connectivity index (χ3v) is 2.23. The van der Waals surface area contributed by atoms with Crippen molar-refractivity contribution in [2.75, 3.05) is 5.32 Å². The Balaban J connectivity index is 3.13. The number of hydrogen-bond donors (Lipinski definition) is 1. The van der Waals surface area contributed by atoms with Gasteiger partial charge in [-0.05, 0) is 0 Å². The molecule has 1 heterocycles. The number of carbonyl (C=O) groups is 1. The number of alkyl halides is 9. The van der Waals surface area contributed by atoms with Gasteiger partial charge in [-0.1, -0.05) is 0 Å². The van der Waals surface area contributed by atoms with E-state index >= 15 is 0 Å². The van der Waals surface area contributed by atoms with Crippen molar-refractivity contribution in [1.82, 2.24) is 9.97 Å². The van der Waals surface area contributed by atoms with Gasteiger partial charge in [-0.15, -0.1) is 0 Å². The maximum Gasteiger partial charge on any atom is 0.460 e. The Kier molecular flexibility index (Phi) is 4.31. The van der Waals surface area contributed by atoms with E-state index in [1.165, 1.54) is 0 Å². The Morgan fingerprint density at radius 1 is 0.909 bits per heavy atom. The minimum absolute atomic E-state index is 0.577. The molecule has 13 heteroatoms. The van der Waals surface area contributed by atoms with Gasteiger partial charge >= 0.3 is 29.9 Å². The van der Waals surface area contributed by atoms with Crippen LogP contribution in [0, 0.1) is 0 Å². The Labute approximate surface area is 115 Å². The molecule has 0 atom stereocenters. The molecule has 0 unspecified atom stereocenters. The van der Waals surface area contributed by atoms with E-state index in [1.54, 1.807) is 0 Å². The van der Waals surface area contributed by atoms with Crippen LogP contribution < -0.4 is 5.32 Å². The number of nitrogens with one attached hydrogen (secondary N) is 1. The molecule has 0 bridgehead atoms. The van der Waals surface area contributed by atoms with Gasteiger partial charge in [0, 0.05) is 12.4 Å². The van der Waals surface area contributed by atoms with Gasteiger partial charge in [0.15, 0.2) is 5.82 Å². The van der Waals surface area contributed by atoms with E-state index < -0.39 is 35.7 Å². The molecule has 0 aliphatic carbocycles. The minimum atomic E-state index is -7.14. The molecule has 1 aromatic heterocycles. The second kappa shape index (κ2) is 5.28. The summed E-state index contributed by atoms with van der Waals surface area (Å²) < 4.78 is 113. The van der Waals surface area contributed by atoms with Crippen LogP contribution in [0.2, 0.25) is 0 Å². The predicted octanol–water partition coefficient (Wildman–Crippen LogP) is 2.88. The molecule has 0 fully saturated rings. The van der Waals surface area contributed by atoms with Crippen LogP contribution >= 0.6 is 0 Å². The van der Waals surface area contributed by atoms with Gasteiger partial charge in [-0.25, -0.2) is 4.98 Å². The van der Waals surface area contributed by atoms with Crippen molar-refractivity contribution in [1.29, 1.82) is 0 Å². The van der Waals surface area contributed by atoms with Crippen LogP contribution in [0.15, 0.2) is 18.6 Å². The first kappa shape index (κ1) is 18.0. The summed E-state index contributed by atoms with van der Waals surface area (Å²) in [7, 11) is 0. The minimum Gasteiger partial charge on any atom is -0.304 e. The van der Waals surface area contributed by atoms with Crippen molar-refractivity contribution < 1.29 is 44.3 Å². The lowest BCUT2D eigenvalue weighted by Crippen LogP contribution is -2.64. The normalized spacial score (nSPS) is 13.9. The first-order valence-electron chi connectivity index (χ1n) is 5.03. The number of hydrogen-bond acceptors (Lipinski definition) is 3. The van der Waals surface area contributed by atoms with E-state index in [4.69, 9.17) is 0 Å². The number of amides is 1. The third-order valence-electron chi connectivity index (χ3n) is 2.23. The summed E-state index contributed by atoms with van der Waals surface area (Å²) in [5.74, 6) is -24.5. The van der Waals surface area contributed by atoms with Gasteiger partial charge in [-0.3, -0.25) is 9.78 Å². The third kappa shape index (κ3) is 2.78. The highest BCUT2D eigenvalue weighted by molar-refractivity contribution is 5.96. The zero-order valence-corrected chi connectivity index (χ0v) is 9.94. The predicted molar refractivity (Wildman–Crippen MR) is 51.6 cm³/mol. The van der Waals surface area contributed by atoms with Crippen LogP contribution in [-0.4, -0.2) is 39.8 Å². The van der Waals surface area contributed by atoms with Crippen LogP contribution in [0.25, 0.3) is 0 Å². The lowest BCUT2D eigenvalue weighted by Gasteiger charge is -2.32. The van der Waals surface area contributed by atoms with Gasteiger partial charge in [0.2, 0.25) is 0 Å². The monoisotopic (exact) mass is 341 g/mol. The van der Waals surface area contributed by atoms with E-state index in [0.717, 1.165) is 17.7 Å². The van der Waals surface area contributed by atoms with Crippen LogP contribution in [0.1, 0.15) is 0 Å². The fourth-order valence-electron chi connectivity index (χ4n) is 1.08. The largest absolute Gasteiger partial charge is 0.460 e. The van der Waals surface area contributed by atoms with Crippen molar-refractivity contribution in [3.05, 3.63) is 18.6 Å². The van der Waals surface area contributed by atoms with E-state index in [0.29, 0.717) is 6.20 Å². The number of aromatic nitrogens is 2. The van der Waals surface area contributed by atoms with Crippen LogP contribution in [-0.2, 0) is 4.79 Å². The molecule has 0 saturated heterocycles. The number of halogens is 9. The molecule has 22 heavy (non-hydrogen) atoms. The van der Waals surface area contributed by atoms with E-state index in [-0.39, 0.29) is 0 Å². The van der Waals surface area contributed by atoms with Crippen molar-refractivity contribution in [2.45, 2.75) is 23.9 Å². The molecule has 0 aliphatic heterocycles. The van der Waals surface area contributed by atoms with Gasteiger partial charge in [0.25, 0.3) is 0 Å². The average molecular weight is 341 g/mol. The molecule has 0 radical (unpaired) electrons. The Morgan fingerprint density at radius 2 is 1.45 bits per heavy atom. The van der Waals surface area contributed by atoms with Crippen molar-refractivity contribution in [3.8, 4) is 0 Å². The zero-order valence-electron chi connectivity index (χ0n) is 9.94. The smallest absolute Gasteiger partial charge is 0.304 e. The number of rotatable bonds is 4. The standard InChI is InChI=1S/C9H4F9N3O/c10-6(11,5(22)21-4-3-19-1-2-20-4)7(12,13)8(14,15)9(16,17)18/h1-3H,(H,20,21,22). The van der Waals surface area contributed by atoms with Gasteiger partial charge < -0.3 is 5.32 Å². The Bertz CT molecular complexity index is 543. The summed E-state index contributed by atoms with van der Waals surface area (Å²) in [4.78, 5) is 17.3. The highest BCUT2D eigenvalue weighted by atomic mass is 19.4. The van der Waals surface area contributed by atoms with E-state index in [9.17, 15) is 44.3 Å². The lowest BCUT2D eigenvalue weighted by atomic mass is 10.0. The summed E-state index contributed by atoms with van der Waals surface area (Å²) in [5.41, 5.74) is 0. The summed E-state index contributed by atoms with van der Waals surface area (Å²) >= 11 is 0. The van der Waals surface area contributed by atoms with Gasteiger partial charge in [0.05, 0.1) is 6.20 Å². The van der Waals surface area contributed by atoms with Crippen LogP contribution in [0.4, 0.5) is 45.3 Å². The zero-order chi connectivity index (χ0) is 17.4. The Morgan fingerprint density at radius 3 is 1.86 bits per heavy atom. The van der Waals surface area contributed by atoms with Crippen LogP contribution in [0.3, 0.4) is 0 Å². The average Bonchev–Trinajstić information content (AvgIpc) is 2.38. The van der Waals surface area contributed by atoms with Crippen LogP contribution in [0.5, 0.6) is 0 Å². The number of nitrogens with zero attached hydrogens (tertiary/aromatic N) is 2. The maximum absolute atomic E-state index is 13.1. The maximum atomic E-state index is 13.1. The van der Waals surface area contributed by atoms with E-state index in [1.807, 2.05) is 0 Å². The topological polar surface area (TPSA) is 54.9 Å². The second-order valence-corrected chi connectivity index (χ2v) is 3.77. The highest BCUT2D eigenvalue weighted by Gasteiger charge is 2.83. The molecule has 4 nitrogen and oxygen atoms in total. The molecule has 124 valence electrons. The molecule has 0 aliphatic rings. The summed E-state index contributed by atoms with van der Waals surface area (Å²) in [5, 5.41) is 0.969. The second-order valence-electron chi connectivity index (χ2n) is 3.77. The summed E-state index contributed by atoms with van der Waals surface area (Å²) in [6.07, 6.45) is -4.61. The van der Waals surface area contributed by atoms with Crippen molar-refractivity contribution in [3.63, 3.8) is 0 Å². The molecular formula is C9H4F9N3O. The molecular weight excluding hydrogens is 337 g/mol. The first-order valence-corrected chi connectivity index (χ1v) is 5.03. The molecule has 1 aromatic rings. The molecule has 1 amide bonds. The molecule has 1 rings (SSSR count). The molecule has 0 saturated carbocycles. The molecule has 0 aromatic carbocycles. The Hall–Kier alpha value is -2.08. The first-order chi connectivity index (χ1) is 9.75. The summed E-state index contributed by atoms with van der Waals surface area (Å²) in [6, 6.07) is 0. The van der Waals surface area contributed by atoms with Gasteiger partial charge in [0.1, 0.15) is 0 Å². The SMILES string of the molecule is O=C(Nc1cnccn1)C(F)(F)C(F)(F)C(F)(F)C(F)(F)F. The molecule has 1 N–H and O–H groups in total. The van der Waals surface area contributed by atoms with Gasteiger partial charge in [-0.2, -0.15) is 39.5 Å². The fourth-order valence-corrected chi connectivity index (χ4v) is 1.08. The lowest BCUT2D eigenvalue weighted by molar-refractivity contribution is -0.388.